The van der Waals surface area contributed by atoms with E-state index in [1.165, 1.54) is 19.3 Å². The molecule has 0 aromatic rings. The Morgan fingerprint density at radius 1 is 1.30 bits per heavy atom. The Morgan fingerprint density at radius 2 is 2.07 bits per heavy atom. The van der Waals surface area contributed by atoms with Crippen molar-refractivity contribution in [2.45, 2.75) is 51.6 Å². The van der Waals surface area contributed by atoms with Crippen LogP contribution in [0.5, 0.6) is 0 Å². The lowest BCUT2D eigenvalue weighted by Gasteiger charge is -2.24. The number of aliphatic imine (C=N–C) groups is 1. The fourth-order valence-corrected chi connectivity index (χ4v) is 3.04. The molecule has 2 N–H and O–H groups in total. The summed E-state index contributed by atoms with van der Waals surface area (Å²) in [6, 6.07) is 0. The van der Waals surface area contributed by atoms with Gasteiger partial charge in [-0.15, -0.1) is 24.0 Å². The lowest BCUT2D eigenvalue weighted by molar-refractivity contribution is -0.127. The van der Waals surface area contributed by atoms with Gasteiger partial charge in [-0.2, -0.15) is 0 Å². The summed E-state index contributed by atoms with van der Waals surface area (Å²) in [7, 11) is 3.50. The average molecular weight is 496 g/mol. The number of likely N-dealkylation sites (N-methyl/N-ethyl adjacent to an activating group) is 1. The molecule has 1 unspecified atom stereocenters. The summed E-state index contributed by atoms with van der Waals surface area (Å²) >= 11 is 0. The number of hydrogen-bond donors (Lipinski definition) is 2. The Morgan fingerprint density at radius 3 is 2.67 bits per heavy atom. The molecule has 8 heteroatoms. The minimum absolute atomic E-state index is 0. The maximum absolute atomic E-state index is 11.9. The van der Waals surface area contributed by atoms with Crippen LogP contribution in [-0.2, 0) is 14.3 Å². The maximum atomic E-state index is 11.9. The molecule has 1 saturated carbocycles. The first-order valence-electron chi connectivity index (χ1n) is 9.96. The molecule has 7 nitrogen and oxygen atoms in total. The maximum Gasteiger partial charge on any atom is 0.243 e. The Hall–Kier alpha value is -0.610. The van der Waals surface area contributed by atoms with Crippen molar-refractivity contribution >= 4 is 35.8 Å². The Labute approximate surface area is 181 Å². The van der Waals surface area contributed by atoms with Crippen LogP contribution in [0.4, 0.5) is 0 Å². The average Bonchev–Trinajstić information content (AvgIpc) is 3.42. The van der Waals surface area contributed by atoms with E-state index in [0.717, 1.165) is 52.2 Å². The molecule has 2 rings (SSSR count). The minimum atomic E-state index is -0.00232. The number of nitrogens with zero attached hydrogens (tertiary/aromatic N) is 2. The van der Waals surface area contributed by atoms with Crippen molar-refractivity contribution in [3.8, 4) is 0 Å². The fraction of sp³-hybridized carbons (Fsp3) is 0.895. The third-order valence-corrected chi connectivity index (χ3v) is 5.21. The van der Waals surface area contributed by atoms with Gasteiger partial charge in [0.15, 0.2) is 5.96 Å². The highest BCUT2D eigenvalue weighted by atomic mass is 127. The van der Waals surface area contributed by atoms with E-state index in [1.807, 2.05) is 6.92 Å². The van der Waals surface area contributed by atoms with E-state index >= 15 is 0 Å². The quantitative estimate of drug-likeness (QED) is 0.210. The third kappa shape index (κ3) is 9.43. The van der Waals surface area contributed by atoms with Crippen LogP contribution < -0.4 is 10.6 Å². The summed E-state index contributed by atoms with van der Waals surface area (Å²) in [5, 5.41) is 6.80. The molecule has 1 atom stereocenters. The molecule has 0 bridgehead atoms. The van der Waals surface area contributed by atoms with Gasteiger partial charge in [-0.1, -0.05) is 0 Å². The highest BCUT2D eigenvalue weighted by molar-refractivity contribution is 14.0. The van der Waals surface area contributed by atoms with Crippen LogP contribution in [0.2, 0.25) is 0 Å². The first kappa shape index (κ1) is 24.4. The zero-order chi connectivity index (χ0) is 18.8. The first-order chi connectivity index (χ1) is 12.5. The van der Waals surface area contributed by atoms with Crippen molar-refractivity contribution in [2.75, 3.05) is 53.6 Å². The second kappa shape index (κ2) is 12.8. The third-order valence-electron chi connectivity index (χ3n) is 5.21. The smallest absolute Gasteiger partial charge is 0.243 e. The van der Waals surface area contributed by atoms with Gasteiger partial charge in [0.05, 0.1) is 6.10 Å². The lowest BCUT2D eigenvalue weighted by atomic mass is 10.0. The first-order valence-corrected chi connectivity index (χ1v) is 9.96. The number of nitrogens with one attached hydrogen (secondary N) is 2. The van der Waals surface area contributed by atoms with Crippen molar-refractivity contribution in [3.63, 3.8) is 0 Å². The van der Waals surface area contributed by atoms with Crippen molar-refractivity contribution in [2.24, 2.45) is 10.4 Å². The van der Waals surface area contributed by atoms with Crippen LogP contribution in [0, 0.1) is 5.41 Å². The molecule has 0 radical (unpaired) electrons. The number of ether oxygens (including phenoxy) is 2. The Kier molecular flexibility index (Phi) is 11.6. The van der Waals surface area contributed by atoms with Gasteiger partial charge < -0.3 is 25.0 Å². The van der Waals surface area contributed by atoms with Crippen molar-refractivity contribution in [1.82, 2.24) is 15.5 Å². The van der Waals surface area contributed by atoms with E-state index in [0.29, 0.717) is 11.4 Å². The van der Waals surface area contributed by atoms with E-state index in [4.69, 9.17) is 9.47 Å². The van der Waals surface area contributed by atoms with Crippen molar-refractivity contribution in [1.29, 1.82) is 0 Å². The normalized spacial score (nSPS) is 21.1. The second-order valence-electron chi connectivity index (χ2n) is 7.62. The number of rotatable bonds is 10. The molecular formula is C19H37IN4O3. The topological polar surface area (TPSA) is 75.2 Å². The minimum Gasteiger partial charge on any atom is -0.382 e. The van der Waals surface area contributed by atoms with E-state index in [9.17, 15) is 4.79 Å². The summed E-state index contributed by atoms with van der Waals surface area (Å²) in [6.45, 7) is 6.20. The summed E-state index contributed by atoms with van der Waals surface area (Å²) < 4.78 is 11.3. The van der Waals surface area contributed by atoms with Gasteiger partial charge in [0.2, 0.25) is 5.91 Å². The predicted molar refractivity (Wildman–Crippen MR) is 119 cm³/mol. The number of hydrogen-bond acceptors (Lipinski definition) is 4. The summed E-state index contributed by atoms with van der Waals surface area (Å²) in [4.78, 5) is 17.9. The number of carbonyl (C=O) groups excluding carboxylic acids is 1. The molecule has 1 heterocycles. The molecule has 1 aliphatic carbocycles. The summed E-state index contributed by atoms with van der Waals surface area (Å²) in [6.07, 6.45) is 7.19. The second-order valence-corrected chi connectivity index (χ2v) is 7.62. The van der Waals surface area contributed by atoms with Crippen LogP contribution >= 0.6 is 24.0 Å². The number of guanidine groups is 1. The fourth-order valence-electron chi connectivity index (χ4n) is 3.04. The number of halogens is 1. The molecule has 1 aliphatic heterocycles. The van der Waals surface area contributed by atoms with Crippen LogP contribution in [0.1, 0.15) is 45.4 Å². The van der Waals surface area contributed by atoms with E-state index in [2.05, 4.69) is 15.6 Å². The molecule has 0 aromatic heterocycles. The molecular weight excluding hydrogens is 459 g/mol. The van der Waals surface area contributed by atoms with E-state index < -0.39 is 0 Å². The van der Waals surface area contributed by atoms with Crippen LogP contribution in [0.25, 0.3) is 0 Å². The summed E-state index contributed by atoms with van der Waals surface area (Å²) in [5.41, 5.74) is 0.324. The van der Waals surface area contributed by atoms with Gasteiger partial charge in [-0.05, 0) is 50.9 Å². The van der Waals surface area contributed by atoms with Gasteiger partial charge in [0.1, 0.15) is 6.54 Å². The lowest BCUT2D eigenvalue weighted by Crippen LogP contribution is -2.45. The molecule has 1 saturated heterocycles. The summed E-state index contributed by atoms with van der Waals surface area (Å²) in [5.74, 6) is 0.703. The van der Waals surface area contributed by atoms with Crippen molar-refractivity contribution < 1.29 is 14.3 Å². The largest absolute Gasteiger partial charge is 0.382 e. The van der Waals surface area contributed by atoms with Crippen LogP contribution in [-0.4, -0.2) is 76.4 Å². The number of amides is 1. The SMILES string of the molecule is CCOCCC1(CNC(=NCC(=O)N(C)C)NCC2CCCCO2)CC1.I. The molecule has 2 aliphatic rings. The van der Waals surface area contributed by atoms with E-state index in [1.54, 1.807) is 19.0 Å². The van der Waals surface area contributed by atoms with E-state index in [-0.39, 0.29) is 42.5 Å². The zero-order valence-corrected chi connectivity index (χ0v) is 19.4. The highest BCUT2D eigenvalue weighted by Crippen LogP contribution is 2.48. The standard InChI is InChI=1S/C19H36N4O3.HI/c1-4-25-12-10-19(8-9-19)15-22-18(21-14-17(24)23(2)3)20-13-16-7-5-6-11-26-16;/h16H,4-15H2,1-3H3,(H2,20,21,22);1H. The van der Waals surface area contributed by atoms with Gasteiger partial charge in [0.25, 0.3) is 0 Å². The predicted octanol–water partition coefficient (Wildman–Crippen LogP) is 2.00. The van der Waals surface area contributed by atoms with Gasteiger partial charge in [-0.25, -0.2) is 4.99 Å². The monoisotopic (exact) mass is 496 g/mol. The molecule has 27 heavy (non-hydrogen) atoms. The highest BCUT2D eigenvalue weighted by Gasteiger charge is 2.42. The molecule has 158 valence electrons. The van der Waals surface area contributed by atoms with Gasteiger partial charge >= 0.3 is 0 Å². The zero-order valence-electron chi connectivity index (χ0n) is 17.1. The molecule has 0 aromatic carbocycles. The number of carbonyl (C=O) groups is 1. The molecule has 2 fully saturated rings. The van der Waals surface area contributed by atoms with Gasteiger partial charge in [0, 0.05) is 47.0 Å². The van der Waals surface area contributed by atoms with Crippen LogP contribution in [0.3, 0.4) is 0 Å². The molecule has 1 amide bonds. The van der Waals surface area contributed by atoms with Crippen LogP contribution in [0.15, 0.2) is 4.99 Å². The van der Waals surface area contributed by atoms with Crippen molar-refractivity contribution in [3.05, 3.63) is 0 Å². The Bertz CT molecular complexity index is 464. The molecule has 0 spiro atoms. The van der Waals surface area contributed by atoms with Gasteiger partial charge in [-0.3, -0.25) is 4.79 Å². The Balaban J connectivity index is 0.00000364.